The lowest BCUT2D eigenvalue weighted by Crippen LogP contribution is -2.38. The van der Waals surface area contributed by atoms with Crippen molar-refractivity contribution >= 4 is 23.3 Å². The van der Waals surface area contributed by atoms with Crippen molar-refractivity contribution in [1.29, 1.82) is 0 Å². The van der Waals surface area contributed by atoms with Gasteiger partial charge in [-0.3, -0.25) is 4.79 Å². The summed E-state index contributed by atoms with van der Waals surface area (Å²) in [5.74, 6) is -0.394. The molecule has 1 N–H and O–H groups in total. The van der Waals surface area contributed by atoms with Crippen LogP contribution in [-0.2, 0) is 0 Å². The van der Waals surface area contributed by atoms with Crippen LogP contribution in [-0.4, -0.2) is 42.1 Å². The minimum absolute atomic E-state index is 0.0232. The van der Waals surface area contributed by atoms with E-state index in [-0.39, 0.29) is 17.1 Å². The molecule has 0 atom stereocenters. The molecule has 8 heteroatoms. The van der Waals surface area contributed by atoms with E-state index in [2.05, 4.69) is 10.3 Å². The molecule has 0 unspecified atom stereocenters. The summed E-state index contributed by atoms with van der Waals surface area (Å²) in [4.78, 5) is 16.5. The third-order valence-electron chi connectivity index (χ3n) is 2.36. The summed E-state index contributed by atoms with van der Waals surface area (Å²) < 4.78 is 37.0. The van der Waals surface area contributed by atoms with Crippen molar-refractivity contribution in [3.8, 4) is 0 Å². The van der Waals surface area contributed by atoms with Crippen molar-refractivity contribution in [1.82, 2.24) is 9.88 Å². The summed E-state index contributed by atoms with van der Waals surface area (Å²) in [6.45, 7) is 0.123. The Kier molecular flexibility index (Phi) is 4.99. The molecule has 0 aliphatic carbocycles. The number of aromatic nitrogens is 1. The lowest BCUT2D eigenvalue weighted by atomic mass is 10.2. The van der Waals surface area contributed by atoms with Crippen LogP contribution in [0.1, 0.15) is 17.3 Å². The highest BCUT2D eigenvalue weighted by molar-refractivity contribution is 6.33. The van der Waals surface area contributed by atoms with Crippen LogP contribution in [0.4, 0.5) is 19.0 Å². The fourth-order valence-corrected chi connectivity index (χ4v) is 1.73. The second kappa shape index (κ2) is 6.10. The Balaban J connectivity index is 2.95. The zero-order valence-electron chi connectivity index (χ0n) is 10.4. The van der Waals surface area contributed by atoms with E-state index in [9.17, 15) is 18.0 Å². The van der Waals surface area contributed by atoms with E-state index >= 15 is 0 Å². The summed E-state index contributed by atoms with van der Waals surface area (Å²) in [5.41, 5.74) is 0.0232. The fraction of sp³-hybridized carbons (Fsp3) is 0.455. The maximum Gasteiger partial charge on any atom is 0.406 e. The van der Waals surface area contributed by atoms with Crippen LogP contribution in [0.15, 0.2) is 12.3 Å². The first-order valence-corrected chi connectivity index (χ1v) is 5.85. The fourth-order valence-electron chi connectivity index (χ4n) is 1.47. The second-order valence-electron chi connectivity index (χ2n) is 3.74. The van der Waals surface area contributed by atoms with Gasteiger partial charge in [0.1, 0.15) is 12.4 Å². The van der Waals surface area contributed by atoms with Crippen molar-refractivity contribution in [2.45, 2.75) is 13.1 Å². The third kappa shape index (κ3) is 4.27. The number of carbonyl (C=O) groups is 1. The number of carbonyl (C=O) groups excluding carboxylic acids is 1. The molecule has 0 radical (unpaired) electrons. The molecule has 19 heavy (non-hydrogen) atoms. The molecule has 0 fully saturated rings. The van der Waals surface area contributed by atoms with E-state index in [1.165, 1.54) is 19.2 Å². The van der Waals surface area contributed by atoms with Gasteiger partial charge in [-0.2, -0.15) is 13.2 Å². The van der Waals surface area contributed by atoms with Gasteiger partial charge in [0.2, 0.25) is 0 Å². The Hall–Kier alpha value is -1.50. The summed E-state index contributed by atoms with van der Waals surface area (Å²) in [6, 6.07) is 1.29. The monoisotopic (exact) mass is 295 g/mol. The summed E-state index contributed by atoms with van der Waals surface area (Å²) in [5, 5.41) is 2.87. The Bertz CT molecular complexity index is 465. The van der Waals surface area contributed by atoms with Crippen LogP contribution in [0.5, 0.6) is 0 Å². The first-order valence-electron chi connectivity index (χ1n) is 5.47. The first-order chi connectivity index (χ1) is 8.78. The van der Waals surface area contributed by atoms with Crippen LogP contribution in [0, 0.1) is 0 Å². The smallest absolute Gasteiger partial charge is 0.372 e. The minimum Gasteiger partial charge on any atom is -0.372 e. The largest absolute Gasteiger partial charge is 0.406 e. The Morgan fingerprint density at radius 1 is 1.53 bits per heavy atom. The zero-order chi connectivity index (χ0) is 14.6. The number of nitrogens with zero attached hydrogens (tertiary/aromatic N) is 2. The van der Waals surface area contributed by atoms with Gasteiger partial charge in [0, 0.05) is 19.8 Å². The van der Waals surface area contributed by atoms with Gasteiger partial charge in [-0.1, -0.05) is 11.6 Å². The van der Waals surface area contributed by atoms with E-state index in [1.807, 2.05) is 0 Å². The average molecular weight is 296 g/mol. The quantitative estimate of drug-likeness (QED) is 0.929. The number of halogens is 4. The molecule has 0 aliphatic heterocycles. The molecule has 1 heterocycles. The Morgan fingerprint density at radius 2 is 2.16 bits per heavy atom. The molecule has 0 aliphatic rings. The molecule has 1 amide bonds. The maximum atomic E-state index is 12.3. The molecule has 1 aromatic heterocycles. The number of hydrogen-bond donors (Lipinski definition) is 1. The highest BCUT2D eigenvalue weighted by Crippen LogP contribution is 2.22. The SMILES string of the molecule is CCN(CC(F)(F)F)C(=O)c1cnc(NC)c(Cl)c1. The van der Waals surface area contributed by atoms with Gasteiger partial charge >= 0.3 is 6.18 Å². The van der Waals surface area contributed by atoms with Gasteiger partial charge in [0.05, 0.1) is 10.6 Å². The predicted octanol–water partition coefficient (Wildman–Crippen LogP) is 2.80. The van der Waals surface area contributed by atoms with Crippen LogP contribution < -0.4 is 5.32 Å². The Labute approximate surface area is 113 Å². The van der Waals surface area contributed by atoms with E-state index < -0.39 is 18.6 Å². The molecule has 1 aromatic rings. The van der Waals surface area contributed by atoms with E-state index in [0.29, 0.717) is 10.7 Å². The van der Waals surface area contributed by atoms with Gasteiger partial charge in [-0.15, -0.1) is 0 Å². The number of anilines is 1. The number of rotatable bonds is 4. The highest BCUT2D eigenvalue weighted by Gasteiger charge is 2.32. The molecule has 0 saturated heterocycles. The molecule has 0 spiro atoms. The molecular weight excluding hydrogens is 283 g/mol. The van der Waals surface area contributed by atoms with Gasteiger partial charge in [0.15, 0.2) is 0 Å². The second-order valence-corrected chi connectivity index (χ2v) is 4.15. The number of amides is 1. The van der Waals surface area contributed by atoms with Crippen LogP contribution in [0.3, 0.4) is 0 Å². The molecule has 1 rings (SSSR count). The lowest BCUT2D eigenvalue weighted by Gasteiger charge is -2.22. The van der Waals surface area contributed by atoms with Crippen molar-refractivity contribution in [2.75, 3.05) is 25.5 Å². The lowest BCUT2D eigenvalue weighted by molar-refractivity contribution is -0.140. The van der Waals surface area contributed by atoms with Crippen LogP contribution in [0.25, 0.3) is 0 Å². The topological polar surface area (TPSA) is 45.2 Å². The molecular formula is C11H13ClF3N3O. The van der Waals surface area contributed by atoms with Crippen LogP contribution in [0.2, 0.25) is 5.02 Å². The number of nitrogens with one attached hydrogen (secondary N) is 1. The van der Waals surface area contributed by atoms with Gasteiger partial charge < -0.3 is 10.2 Å². The predicted molar refractivity (Wildman–Crippen MR) is 66.4 cm³/mol. The standard InChI is InChI=1S/C11H13ClF3N3O/c1-3-18(6-11(13,14)15)10(19)7-4-8(12)9(16-2)17-5-7/h4-5H,3,6H2,1-2H3,(H,16,17). The summed E-state index contributed by atoms with van der Waals surface area (Å²) >= 11 is 5.84. The number of alkyl halides is 3. The van der Waals surface area contributed by atoms with Crippen LogP contribution >= 0.6 is 11.6 Å². The Morgan fingerprint density at radius 3 is 2.58 bits per heavy atom. The molecule has 0 saturated carbocycles. The molecule has 106 valence electrons. The number of hydrogen-bond acceptors (Lipinski definition) is 3. The van der Waals surface area contributed by atoms with E-state index in [1.54, 1.807) is 7.05 Å². The molecule has 4 nitrogen and oxygen atoms in total. The zero-order valence-corrected chi connectivity index (χ0v) is 11.1. The van der Waals surface area contributed by atoms with Gasteiger partial charge in [0.25, 0.3) is 5.91 Å². The third-order valence-corrected chi connectivity index (χ3v) is 2.65. The van der Waals surface area contributed by atoms with Gasteiger partial charge in [-0.25, -0.2) is 4.98 Å². The first kappa shape index (κ1) is 15.6. The van der Waals surface area contributed by atoms with E-state index in [4.69, 9.17) is 11.6 Å². The molecule has 0 bridgehead atoms. The average Bonchev–Trinajstić information content (AvgIpc) is 2.34. The van der Waals surface area contributed by atoms with Crippen molar-refractivity contribution < 1.29 is 18.0 Å². The summed E-state index contributed by atoms with van der Waals surface area (Å²) in [7, 11) is 1.59. The van der Waals surface area contributed by atoms with Crippen molar-refractivity contribution in [3.05, 3.63) is 22.8 Å². The minimum atomic E-state index is -4.44. The van der Waals surface area contributed by atoms with Crippen molar-refractivity contribution in [3.63, 3.8) is 0 Å². The molecule has 0 aromatic carbocycles. The summed E-state index contributed by atoms with van der Waals surface area (Å²) in [6.07, 6.45) is -3.24. The number of pyridine rings is 1. The maximum absolute atomic E-state index is 12.3. The van der Waals surface area contributed by atoms with Crippen molar-refractivity contribution in [2.24, 2.45) is 0 Å². The van der Waals surface area contributed by atoms with E-state index in [0.717, 1.165) is 0 Å². The van der Waals surface area contributed by atoms with Gasteiger partial charge in [-0.05, 0) is 13.0 Å². The normalized spacial score (nSPS) is 11.3. The highest BCUT2D eigenvalue weighted by atomic mass is 35.5.